The van der Waals surface area contributed by atoms with E-state index in [-0.39, 0.29) is 0 Å². The minimum Gasteiger partial charge on any atom is -0.324 e. The summed E-state index contributed by atoms with van der Waals surface area (Å²) in [5, 5.41) is 14.3. The number of anilines is 1. The average molecular weight is 441 g/mol. The normalized spacial score (nSPS) is 18.6. The van der Waals surface area contributed by atoms with Gasteiger partial charge in [-0.2, -0.15) is 5.26 Å². The largest absolute Gasteiger partial charge is 0.325 e. The summed E-state index contributed by atoms with van der Waals surface area (Å²) in [6.45, 7) is 3.02. The van der Waals surface area contributed by atoms with Crippen LogP contribution in [0.3, 0.4) is 0 Å². The van der Waals surface area contributed by atoms with Crippen molar-refractivity contribution in [3.05, 3.63) is 63.6 Å². The second kappa shape index (κ2) is 7.44. The molecule has 1 unspecified atom stereocenters. The maximum Gasteiger partial charge on any atom is 0.325 e. The first-order chi connectivity index (χ1) is 13.2. The Bertz CT molecular complexity index is 1010. The summed E-state index contributed by atoms with van der Waals surface area (Å²) in [5.41, 5.74) is 1.15. The molecule has 1 fully saturated rings. The smallest absolute Gasteiger partial charge is 0.324 e. The number of carbonyl (C=O) groups excluding carboxylic acids is 3. The molecule has 3 rings (SSSR count). The van der Waals surface area contributed by atoms with Gasteiger partial charge in [0.1, 0.15) is 12.1 Å². The molecule has 0 aliphatic carbocycles. The van der Waals surface area contributed by atoms with Gasteiger partial charge >= 0.3 is 6.03 Å². The van der Waals surface area contributed by atoms with E-state index in [1.54, 1.807) is 43.3 Å². The zero-order valence-electron chi connectivity index (χ0n) is 15.2. The van der Waals surface area contributed by atoms with Gasteiger partial charge in [0.05, 0.1) is 11.6 Å². The first-order valence-electron chi connectivity index (χ1n) is 8.45. The third kappa shape index (κ3) is 3.62. The first-order valence-corrected chi connectivity index (χ1v) is 9.24. The predicted molar refractivity (Wildman–Crippen MR) is 106 cm³/mol. The van der Waals surface area contributed by atoms with Crippen molar-refractivity contribution < 1.29 is 14.4 Å². The predicted octanol–water partition coefficient (Wildman–Crippen LogP) is 3.03. The minimum atomic E-state index is -1.29. The van der Waals surface area contributed by atoms with Gasteiger partial charge in [0.2, 0.25) is 5.91 Å². The molecule has 0 bridgehead atoms. The molecule has 1 aliphatic heterocycles. The van der Waals surface area contributed by atoms with Crippen LogP contribution in [0.1, 0.15) is 23.6 Å². The Morgan fingerprint density at radius 3 is 2.54 bits per heavy atom. The molecule has 142 valence electrons. The second-order valence-electron chi connectivity index (χ2n) is 6.64. The van der Waals surface area contributed by atoms with E-state index in [4.69, 9.17) is 5.26 Å². The highest BCUT2D eigenvalue weighted by Gasteiger charge is 2.49. The van der Waals surface area contributed by atoms with E-state index in [0.717, 1.165) is 14.9 Å². The van der Waals surface area contributed by atoms with Crippen LogP contribution in [0.5, 0.6) is 0 Å². The van der Waals surface area contributed by atoms with Crippen LogP contribution < -0.4 is 10.6 Å². The number of carbonyl (C=O) groups is 3. The zero-order valence-corrected chi connectivity index (χ0v) is 16.8. The van der Waals surface area contributed by atoms with Gasteiger partial charge in [0.25, 0.3) is 5.91 Å². The molecular formula is C20H17BrN4O3. The third-order valence-electron chi connectivity index (χ3n) is 4.63. The Kier molecular flexibility index (Phi) is 5.21. The summed E-state index contributed by atoms with van der Waals surface area (Å²) in [6, 6.07) is 13.1. The molecule has 8 heteroatoms. The fourth-order valence-corrected chi connectivity index (χ4v) is 3.49. The van der Waals surface area contributed by atoms with Crippen molar-refractivity contribution in [3.63, 3.8) is 0 Å². The first kappa shape index (κ1) is 19.6. The Morgan fingerprint density at radius 1 is 1.25 bits per heavy atom. The monoisotopic (exact) mass is 440 g/mol. The summed E-state index contributed by atoms with van der Waals surface area (Å²) in [7, 11) is 0. The number of nitriles is 1. The van der Waals surface area contributed by atoms with E-state index in [2.05, 4.69) is 26.6 Å². The van der Waals surface area contributed by atoms with Gasteiger partial charge in [-0.15, -0.1) is 0 Å². The van der Waals surface area contributed by atoms with E-state index < -0.39 is 29.9 Å². The highest BCUT2D eigenvalue weighted by atomic mass is 79.9. The number of hydrogen-bond acceptors (Lipinski definition) is 4. The minimum absolute atomic E-state index is 0.397. The summed E-state index contributed by atoms with van der Waals surface area (Å²) >= 11 is 3.36. The topological polar surface area (TPSA) is 102 Å². The number of nitrogens with one attached hydrogen (secondary N) is 2. The quantitative estimate of drug-likeness (QED) is 0.712. The number of rotatable bonds is 4. The molecule has 0 saturated carbocycles. The molecule has 7 nitrogen and oxygen atoms in total. The molecule has 1 saturated heterocycles. The van der Waals surface area contributed by atoms with Gasteiger partial charge < -0.3 is 10.6 Å². The Labute approximate surface area is 170 Å². The van der Waals surface area contributed by atoms with Crippen molar-refractivity contribution in [2.75, 3.05) is 11.9 Å². The molecular weight excluding hydrogens is 424 g/mol. The molecule has 28 heavy (non-hydrogen) atoms. The zero-order chi connectivity index (χ0) is 20.5. The van der Waals surface area contributed by atoms with Crippen LogP contribution in [0.15, 0.2) is 46.9 Å². The van der Waals surface area contributed by atoms with Gasteiger partial charge in [-0.25, -0.2) is 4.79 Å². The molecule has 2 N–H and O–H groups in total. The maximum atomic E-state index is 12.9. The highest BCUT2D eigenvalue weighted by molar-refractivity contribution is 9.10. The maximum absolute atomic E-state index is 12.9. The molecule has 0 radical (unpaired) electrons. The van der Waals surface area contributed by atoms with Crippen LogP contribution >= 0.6 is 15.9 Å². The molecule has 2 aromatic carbocycles. The summed E-state index contributed by atoms with van der Waals surface area (Å²) in [4.78, 5) is 38.5. The van der Waals surface area contributed by atoms with Crippen LogP contribution in [0.25, 0.3) is 0 Å². The Morgan fingerprint density at radius 2 is 1.93 bits per heavy atom. The fourth-order valence-electron chi connectivity index (χ4n) is 3.01. The van der Waals surface area contributed by atoms with Crippen molar-refractivity contribution in [1.82, 2.24) is 10.2 Å². The van der Waals surface area contributed by atoms with E-state index in [1.165, 1.54) is 0 Å². The van der Waals surface area contributed by atoms with Crippen LogP contribution in [0.2, 0.25) is 0 Å². The van der Waals surface area contributed by atoms with E-state index in [1.807, 2.05) is 19.1 Å². The summed E-state index contributed by atoms with van der Waals surface area (Å²) < 4.78 is 0.885. The number of imide groups is 1. The molecule has 4 amide bonds. The number of benzene rings is 2. The summed E-state index contributed by atoms with van der Waals surface area (Å²) in [6.07, 6.45) is 0. The van der Waals surface area contributed by atoms with Gasteiger partial charge in [-0.1, -0.05) is 28.1 Å². The highest BCUT2D eigenvalue weighted by Crippen LogP contribution is 2.29. The standard InChI is InChI=1S/C20H17BrN4O3/c1-12-9-15(21)7-8-16(12)23-17(26)11-25-18(27)20(2,24-19(25)28)14-5-3-13(10-22)4-6-14/h3-9H,11H2,1-2H3,(H,23,26)(H,24,28). The van der Waals surface area contributed by atoms with E-state index in [0.29, 0.717) is 16.8 Å². The van der Waals surface area contributed by atoms with Gasteiger partial charge in [0, 0.05) is 10.2 Å². The van der Waals surface area contributed by atoms with Crippen LogP contribution in [0.4, 0.5) is 10.5 Å². The lowest BCUT2D eigenvalue weighted by Gasteiger charge is -2.22. The number of hydrogen-bond donors (Lipinski definition) is 2. The van der Waals surface area contributed by atoms with Crippen molar-refractivity contribution in [2.24, 2.45) is 0 Å². The third-order valence-corrected chi connectivity index (χ3v) is 5.12. The molecule has 1 aliphatic rings. The lowest BCUT2D eigenvalue weighted by molar-refractivity contribution is -0.133. The van der Waals surface area contributed by atoms with Crippen molar-refractivity contribution >= 4 is 39.5 Å². The molecule has 0 spiro atoms. The Balaban J connectivity index is 1.76. The van der Waals surface area contributed by atoms with Crippen LogP contribution in [0, 0.1) is 18.3 Å². The van der Waals surface area contributed by atoms with Crippen LogP contribution in [-0.4, -0.2) is 29.3 Å². The van der Waals surface area contributed by atoms with Crippen molar-refractivity contribution in [1.29, 1.82) is 5.26 Å². The number of amides is 4. The van der Waals surface area contributed by atoms with Gasteiger partial charge in [0.15, 0.2) is 0 Å². The van der Waals surface area contributed by atoms with Crippen LogP contribution in [-0.2, 0) is 15.1 Å². The number of aryl methyl sites for hydroxylation is 1. The summed E-state index contributed by atoms with van der Waals surface area (Å²) in [5.74, 6) is -0.997. The number of halogens is 1. The average Bonchev–Trinajstić information content (AvgIpc) is 2.88. The molecule has 1 heterocycles. The fraction of sp³-hybridized carbons (Fsp3) is 0.200. The number of nitrogens with zero attached hydrogens (tertiary/aromatic N) is 2. The lowest BCUT2D eigenvalue weighted by Crippen LogP contribution is -2.42. The molecule has 2 aromatic rings. The van der Waals surface area contributed by atoms with Crippen molar-refractivity contribution in [3.8, 4) is 6.07 Å². The van der Waals surface area contributed by atoms with E-state index in [9.17, 15) is 14.4 Å². The Hall–Kier alpha value is -3.18. The molecule has 1 atom stereocenters. The van der Waals surface area contributed by atoms with Gasteiger partial charge in [-0.05, 0) is 55.3 Å². The SMILES string of the molecule is Cc1cc(Br)ccc1NC(=O)CN1C(=O)NC(C)(c2ccc(C#N)cc2)C1=O. The second-order valence-corrected chi connectivity index (χ2v) is 7.56. The lowest BCUT2D eigenvalue weighted by atomic mass is 9.91. The van der Waals surface area contributed by atoms with Gasteiger partial charge in [-0.3, -0.25) is 14.5 Å². The number of urea groups is 1. The van der Waals surface area contributed by atoms with E-state index >= 15 is 0 Å². The molecule has 0 aromatic heterocycles. The van der Waals surface area contributed by atoms with Crippen molar-refractivity contribution in [2.45, 2.75) is 19.4 Å².